The van der Waals surface area contributed by atoms with Crippen LogP contribution in [0.2, 0.25) is 0 Å². The number of methoxy groups -OCH3 is 2. The molecule has 0 radical (unpaired) electrons. The molecule has 0 aromatic heterocycles. The third-order valence-electron chi connectivity index (χ3n) is 15.8. The van der Waals surface area contributed by atoms with Gasteiger partial charge in [0.15, 0.2) is 40.0 Å². The zero-order valence-electron chi connectivity index (χ0n) is 43.6. The SMILES string of the molecule is CCCCCCCC(=O)Oc1cc2c(cc1OC)[C@@]1(CS[C@@H]3c4c(OC(C)=O)c(C)c5c(c4[C@H](COC1=O)N1C3[C@H]3c4c(cc(C)c(OC)c4OC(=O)CCCCCCC)C[C@@H]([C@@H]1C#N)N3C)OCO5)NCC2. The molecule has 1 spiro atoms. The number of benzene rings is 3. The van der Waals surface area contributed by atoms with Gasteiger partial charge in [-0.05, 0) is 81.0 Å². The number of nitriles is 1. The number of thioether (sulfide) groups is 1. The number of hydrogen-bond donors (Lipinski definition) is 1. The van der Waals surface area contributed by atoms with E-state index in [9.17, 15) is 19.6 Å². The first-order chi connectivity index (χ1) is 35.3. The van der Waals surface area contributed by atoms with E-state index in [1.165, 1.54) is 25.8 Å². The van der Waals surface area contributed by atoms with Gasteiger partial charge >= 0.3 is 23.9 Å². The molecule has 3 aromatic rings. The van der Waals surface area contributed by atoms with E-state index >= 15 is 4.79 Å². The summed E-state index contributed by atoms with van der Waals surface area (Å²) in [5.41, 5.74) is 4.40. The topological polar surface area (TPSA) is 184 Å². The second kappa shape index (κ2) is 22.1. The predicted octanol–water partition coefficient (Wildman–Crippen LogP) is 9.11. The summed E-state index contributed by atoms with van der Waals surface area (Å²) in [6.07, 6.45) is 11.3. The molecule has 73 heavy (non-hydrogen) atoms. The molecule has 4 bridgehead atoms. The van der Waals surface area contributed by atoms with Crippen molar-refractivity contribution < 1.29 is 57.1 Å². The lowest BCUT2D eigenvalue weighted by atomic mass is 9.71. The van der Waals surface area contributed by atoms with Crippen LogP contribution in [0.25, 0.3) is 0 Å². The van der Waals surface area contributed by atoms with Gasteiger partial charge in [-0.25, -0.2) is 4.79 Å². The van der Waals surface area contributed by atoms with E-state index in [2.05, 4.69) is 41.1 Å². The molecule has 17 heteroatoms. The Hall–Kier alpha value is -5.54. The van der Waals surface area contributed by atoms with Crippen LogP contribution in [0.4, 0.5) is 0 Å². The number of aryl methyl sites for hydroxylation is 1. The summed E-state index contributed by atoms with van der Waals surface area (Å²) in [7, 11) is 5.11. The number of nitrogens with zero attached hydrogens (tertiary/aromatic N) is 3. The molecule has 10 rings (SSSR count). The Balaban J connectivity index is 1.20. The van der Waals surface area contributed by atoms with Crippen molar-refractivity contribution in [1.82, 2.24) is 15.1 Å². The van der Waals surface area contributed by atoms with Crippen LogP contribution in [0.1, 0.15) is 160 Å². The fraction of sp³-hybridized carbons (Fsp3) is 0.589. The van der Waals surface area contributed by atoms with Gasteiger partial charge in [0, 0.05) is 66.4 Å². The minimum absolute atomic E-state index is 0.0860. The van der Waals surface area contributed by atoms with Gasteiger partial charge in [-0.15, -0.1) is 11.8 Å². The van der Waals surface area contributed by atoms with Gasteiger partial charge < -0.3 is 37.9 Å². The Kier molecular flexibility index (Phi) is 15.9. The van der Waals surface area contributed by atoms with Crippen LogP contribution in [0, 0.1) is 25.2 Å². The van der Waals surface area contributed by atoms with Crippen molar-refractivity contribution in [3.63, 3.8) is 0 Å². The first-order valence-corrected chi connectivity index (χ1v) is 27.3. The van der Waals surface area contributed by atoms with Crippen molar-refractivity contribution in [3.05, 3.63) is 62.7 Å². The first kappa shape index (κ1) is 52.3. The summed E-state index contributed by atoms with van der Waals surface area (Å²) in [5.74, 6) is 0.930. The highest BCUT2D eigenvalue weighted by Crippen LogP contribution is 2.65. The Morgan fingerprint density at radius 3 is 2.19 bits per heavy atom. The van der Waals surface area contributed by atoms with Gasteiger partial charge in [-0.1, -0.05) is 71.3 Å². The van der Waals surface area contributed by atoms with Crippen molar-refractivity contribution in [2.45, 2.75) is 166 Å². The van der Waals surface area contributed by atoms with Crippen LogP contribution < -0.4 is 38.5 Å². The van der Waals surface area contributed by atoms with Gasteiger partial charge in [0.2, 0.25) is 6.79 Å². The van der Waals surface area contributed by atoms with Gasteiger partial charge in [-0.3, -0.25) is 29.5 Å². The fourth-order valence-corrected chi connectivity index (χ4v) is 14.1. The molecular weight excluding hydrogens is 953 g/mol. The molecule has 0 amide bonds. The number of hydrogen-bond acceptors (Lipinski definition) is 17. The highest BCUT2D eigenvalue weighted by molar-refractivity contribution is 7.99. The van der Waals surface area contributed by atoms with Gasteiger partial charge in [-0.2, -0.15) is 5.26 Å². The lowest BCUT2D eigenvalue weighted by Gasteiger charge is -2.62. The second-order valence-electron chi connectivity index (χ2n) is 20.3. The maximum atomic E-state index is 15.3. The largest absolute Gasteiger partial charge is 0.493 e. The number of piperazine rings is 1. The summed E-state index contributed by atoms with van der Waals surface area (Å²) >= 11 is 1.49. The molecule has 0 aliphatic carbocycles. The van der Waals surface area contributed by atoms with Crippen LogP contribution in [0.15, 0.2) is 18.2 Å². The van der Waals surface area contributed by atoms with E-state index in [1.807, 2.05) is 27.0 Å². The fourth-order valence-electron chi connectivity index (χ4n) is 12.4. The van der Waals surface area contributed by atoms with E-state index in [4.69, 9.17) is 37.9 Å². The Bertz CT molecular complexity index is 2690. The van der Waals surface area contributed by atoms with E-state index in [0.717, 1.165) is 80.0 Å². The Labute approximate surface area is 433 Å². The van der Waals surface area contributed by atoms with Crippen molar-refractivity contribution in [1.29, 1.82) is 5.26 Å². The van der Waals surface area contributed by atoms with E-state index in [1.54, 1.807) is 13.2 Å². The number of carbonyl (C=O) groups excluding carboxylic acids is 4. The number of unbranched alkanes of at least 4 members (excludes halogenated alkanes) is 8. The molecule has 7 aliphatic rings. The van der Waals surface area contributed by atoms with Crippen LogP contribution in [-0.2, 0) is 42.3 Å². The van der Waals surface area contributed by atoms with Crippen molar-refractivity contribution in [3.8, 4) is 46.3 Å². The Morgan fingerprint density at radius 1 is 0.822 bits per heavy atom. The average molecular weight is 1020 g/mol. The standard InChI is InChI=1S/C56H70N4O12S/c1-9-11-13-15-17-19-42(62)71-41-25-34-21-22-58-56(36(34)26-40(41)65-7)29-73-54-46-45(52-51(68-30-69-52)32(4)50(46)70-33(5)61)39(28-67-55(56)64)60-38(27-57)37-24-35-23-31(3)49(66-8)53(44(35)47(48(54)60)59(37)6)72-43(63)20-18-16-14-12-10-2/h23,25-26,37-39,47-48,54,58H,9-22,24,28-30H2,1-8H3/t37-,38-,39-,47+,48?,54+,56+/m0/s1. The molecule has 16 nitrogen and oxygen atoms in total. The zero-order chi connectivity index (χ0) is 51.7. The van der Waals surface area contributed by atoms with Gasteiger partial charge in [0.05, 0.1) is 37.6 Å². The molecule has 3 aromatic carbocycles. The third kappa shape index (κ3) is 9.50. The summed E-state index contributed by atoms with van der Waals surface area (Å²) in [5, 5.41) is 14.4. The number of rotatable bonds is 17. The molecule has 1 N–H and O–H groups in total. The minimum Gasteiger partial charge on any atom is -0.493 e. The first-order valence-electron chi connectivity index (χ1n) is 26.2. The van der Waals surface area contributed by atoms with E-state index < -0.39 is 46.9 Å². The van der Waals surface area contributed by atoms with Crippen LogP contribution >= 0.6 is 11.8 Å². The Morgan fingerprint density at radius 2 is 1.52 bits per heavy atom. The number of likely N-dealkylation sites (N-methyl/N-ethyl adjacent to an activating group) is 1. The highest BCUT2D eigenvalue weighted by Gasteiger charge is 2.62. The molecule has 7 aliphatic heterocycles. The molecule has 7 heterocycles. The predicted molar refractivity (Wildman–Crippen MR) is 273 cm³/mol. The molecule has 7 atom stereocenters. The average Bonchev–Trinajstić information content (AvgIpc) is 3.86. The number of fused-ring (bicyclic) bond motifs is 9. The minimum atomic E-state index is -1.44. The van der Waals surface area contributed by atoms with Crippen molar-refractivity contribution in [2.24, 2.45) is 0 Å². The van der Waals surface area contributed by atoms with Crippen molar-refractivity contribution >= 4 is 35.6 Å². The summed E-state index contributed by atoms with van der Waals surface area (Å²) in [4.78, 5) is 60.2. The number of nitrogens with one attached hydrogen (secondary N) is 1. The molecule has 2 fully saturated rings. The monoisotopic (exact) mass is 1020 g/mol. The van der Waals surface area contributed by atoms with Gasteiger partial charge in [0.25, 0.3) is 0 Å². The molecule has 1 unspecified atom stereocenters. The summed E-state index contributed by atoms with van der Waals surface area (Å²) in [6, 6.07) is 5.35. The normalized spacial score (nSPS) is 24.6. The summed E-state index contributed by atoms with van der Waals surface area (Å²) in [6.45, 7) is 9.56. The van der Waals surface area contributed by atoms with Crippen molar-refractivity contribution in [2.75, 3.05) is 47.0 Å². The molecule has 392 valence electrons. The van der Waals surface area contributed by atoms with E-state index in [0.29, 0.717) is 82.6 Å². The molecule has 2 saturated heterocycles. The smallest absolute Gasteiger partial charge is 0.331 e. The number of esters is 4. The highest BCUT2D eigenvalue weighted by atomic mass is 32.2. The molecule has 0 saturated carbocycles. The van der Waals surface area contributed by atoms with Crippen LogP contribution in [0.5, 0.6) is 40.2 Å². The molecular formula is C56H70N4O12S. The maximum Gasteiger partial charge on any atom is 0.331 e. The van der Waals surface area contributed by atoms with Crippen LogP contribution in [-0.4, -0.2) is 98.8 Å². The van der Waals surface area contributed by atoms with Gasteiger partial charge in [0.1, 0.15) is 18.4 Å². The summed E-state index contributed by atoms with van der Waals surface area (Å²) < 4.78 is 49.9. The lowest BCUT2D eigenvalue weighted by Crippen LogP contribution is -2.69. The maximum absolute atomic E-state index is 15.3. The lowest BCUT2D eigenvalue weighted by molar-refractivity contribution is -0.157. The second-order valence-corrected chi connectivity index (χ2v) is 21.5. The van der Waals surface area contributed by atoms with E-state index in [-0.39, 0.29) is 55.7 Å². The quantitative estimate of drug-likeness (QED) is 0.0766. The number of ether oxygens (including phenoxy) is 8. The number of carbonyl (C=O) groups is 4. The third-order valence-corrected chi connectivity index (χ3v) is 17.3. The van der Waals surface area contributed by atoms with Crippen LogP contribution in [0.3, 0.4) is 0 Å². The zero-order valence-corrected chi connectivity index (χ0v) is 44.4.